The molecule has 3 heterocycles. The summed E-state index contributed by atoms with van der Waals surface area (Å²) >= 11 is 13.4. The van der Waals surface area contributed by atoms with Gasteiger partial charge in [0.2, 0.25) is 0 Å². The molecule has 1 aliphatic heterocycles. The monoisotopic (exact) mass is 491 g/mol. The van der Waals surface area contributed by atoms with E-state index in [1.165, 1.54) is 5.56 Å². The van der Waals surface area contributed by atoms with Crippen molar-refractivity contribution in [1.82, 2.24) is 10.3 Å². The Kier molecular flexibility index (Phi) is 6.40. The number of thiocarbonyl (C=S) groups is 1. The molecule has 0 saturated carbocycles. The van der Waals surface area contributed by atoms with E-state index in [2.05, 4.69) is 46.4 Å². The molecule has 0 radical (unpaired) electrons. The van der Waals surface area contributed by atoms with Crippen molar-refractivity contribution in [3.63, 3.8) is 0 Å². The summed E-state index contributed by atoms with van der Waals surface area (Å²) in [5.41, 5.74) is 3.23. The summed E-state index contributed by atoms with van der Waals surface area (Å²) in [5.74, 6) is 0.828. The van der Waals surface area contributed by atoms with Gasteiger partial charge < -0.3 is 14.6 Å². The van der Waals surface area contributed by atoms with Gasteiger partial charge in [-0.25, -0.2) is 0 Å². The van der Waals surface area contributed by atoms with E-state index in [4.69, 9.17) is 28.2 Å². The van der Waals surface area contributed by atoms with Gasteiger partial charge in [-0.05, 0) is 84.9 Å². The summed E-state index contributed by atoms with van der Waals surface area (Å²) in [6.45, 7) is 2.15. The lowest BCUT2D eigenvalue weighted by atomic mass is 10.0. The van der Waals surface area contributed by atoms with Gasteiger partial charge in [-0.2, -0.15) is 0 Å². The van der Waals surface area contributed by atoms with Gasteiger partial charge in [0.15, 0.2) is 10.2 Å². The summed E-state index contributed by atoms with van der Waals surface area (Å²) in [6.07, 6.45) is 2.80. The number of benzene rings is 2. The van der Waals surface area contributed by atoms with E-state index in [-0.39, 0.29) is 12.1 Å². The van der Waals surface area contributed by atoms with Crippen LogP contribution in [0.5, 0.6) is 0 Å². The lowest BCUT2D eigenvalue weighted by molar-refractivity contribution is 0.383. The van der Waals surface area contributed by atoms with Crippen LogP contribution in [0.3, 0.4) is 0 Å². The van der Waals surface area contributed by atoms with Crippen molar-refractivity contribution in [2.75, 3.05) is 4.90 Å². The standard InChI is InChI=1S/C26H22ClN3OS2/c1-2-17-6-10-19(11-7-17)30-25(24(29-26(30)32)21-5-3-4-16-28-21)22-14-15-23(31-22)33-20-12-8-18(27)9-13-20/h3-16,24-25H,2H2,1H3,(H,29,32)/t24-,25+/m0/s1. The second-order valence-corrected chi connectivity index (χ2v) is 9.63. The number of nitrogens with zero attached hydrogens (tertiary/aromatic N) is 2. The van der Waals surface area contributed by atoms with E-state index in [1.807, 2.05) is 54.6 Å². The molecule has 1 fully saturated rings. The van der Waals surface area contributed by atoms with Gasteiger partial charge in [-0.3, -0.25) is 4.98 Å². The van der Waals surface area contributed by atoms with Gasteiger partial charge in [-0.15, -0.1) is 0 Å². The number of rotatable bonds is 6. The largest absolute Gasteiger partial charge is 0.452 e. The maximum absolute atomic E-state index is 6.36. The van der Waals surface area contributed by atoms with Crippen LogP contribution in [0, 0.1) is 0 Å². The number of anilines is 1. The second kappa shape index (κ2) is 9.59. The molecule has 2 atom stereocenters. The Labute approximate surface area is 208 Å². The maximum Gasteiger partial charge on any atom is 0.174 e. The Balaban J connectivity index is 1.51. The summed E-state index contributed by atoms with van der Waals surface area (Å²) in [7, 11) is 0. The first-order valence-corrected chi connectivity index (χ1v) is 12.4. The molecular weight excluding hydrogens is 470 g/mol. The van der Waals surface area contributed by atoms with E-state index in [0.717, 1.165) is 33.6 Å². The number of hydrogen-bond donors (Lipinski definition) is 1. The highest BCUT2D eigenvalue weighted by Crippen LogP contribution is 2.43. The fourth-order valence-electron chi connectivity index (χ4n) is 3.98. The number of pyridine rings is 1. The van der Waals surface area contributed by atoms with Crippen molar-refractivity contribution < 1.29 is 4.42 Å². The van der Waals surface area contributed by atoms with Crippen LogP contribution in [0.1, 0.15) is 36.0 Å². The van der Waals surface area contributed by atoms with Crippen molar-refractivity contribution in [3.8, 4) is 0 Å². The number of nitrogens with one attached hydrogen (secondary N) is 1. The zero-order valence-electron chi connectivity index (χ0n) is 17.9. The van der Waals surface area contributed by atoms with Crippen LogP contribution in [-0.2, 0) is 6.42 Å². The number of aryl methyl sites for hydroxylation is 1. The van der Waals surface area contributed by atoms with Crippen LogP contribution in [0.15, 0.2) is 99.5 Å². The quantitative estimate of drug-likeness (QED) is 0.287. The fourth-order valence-corrected chi connectivity index (χ4v) is 5.23. The molecule has 0 unspecified atom stereocenters. The average molecular weight is 492 g/mol. The number of furan rings is 1. The van der Waals surface area contributed by atoms with Gasteiger partial charge in [0.1, 0.15) is 11.8 Å². The first-order valence-electron chi connectivity index (χ1n) is 10.7. The van der Waals surface area contributed by atoms with Gasteiger partial charge in [0.05, 0.1) is 11.7 Å². The first-order chi connectivity index (χ1) is 16.1. The molecule has 33 heavy (non-hydrogen) atoms. The molecule has 166 valence electrons. The van der Waals surface area contributed by atoms with E-state index >= 15 is 0 Å². The van der Waals surface area contributed by atoms with Crippen LogP contribution < -0.4 is 10.2 Å². The van der Waals surface area contributed by atoms with E-state index < -0.39 is 0 Å². The summed E-state index contributed by atoms with van der Waals surface area (Å²) in [5, 5.41) is 5.66. The van der Waals surface area contributed by atoms with Crippen molar-refractivity contribution in [2.24, 2.45) is 0 Å². The first kappa shape index (κ1) is 22.0. The average Bonchev–Trinajstić information content (AvgIpc) is 3.45. The molecule has 1 N–H and O–H groups in total. The molecule has 4 nitrogen and oxygen atoms in total. The lowest BCUT2D eigenvalue weighted by Gasteiger charge is -2.26. The Hall–Kier alpha value is -2.80. The third-order valence-corrected chi connectivity index (χ3v) is 7.14. The van der Waals surface area contributed by atoms with Gasteiger partial charge in [0, 0.05) is 21.8 Å². The minimum absolute atomic E-state index is 0.135. The SMILES string of the molecule is CCc1ccc(N2C(=S)N[C@@H](c3ccccn3)[C@H]2c2ccc(Sc3ccc(Cl)cc3)o2)cc1. The lowest BCUT2D eigenvalue weighted by Crippen LogP contribution is -2.29. The molecule has 0 spiro atoms. The summed E-state index contributed by atoms with van der Waals surface area (Å²) in [4.78, 5) is 7.79. The molecule has 0 amide bonds. The molecule has 1 aliphatic rings. The predicted octanol–water partition coefficient (Wildman–Crippen LogP) is 7.22. The highest BCUT2D eigenvalue weighted by Gasteiger charge is 2.42. The summed E-state index contributed by atoms with van der Waals surface area (Å²) < 4.78 is 6.36. The fraction of sp³-hybridized carbons (Fsp3) is 0.154. The Bertz CT molecular complexity index is 1240. The van der Waals surface area contributed by atoms with Crippen LogP contribution in [0.2, 0.25) is 5.02 Å². The van der Waals surface area contributed by atoms with E-state index in [0.29, 0.717) is 10.1 Å². The number of aromatic nitrogens is 1. The molecule has 0 bridgehead atoms. The van der Waals surface area contributed by atoms with Crippen LogP contribution in [0.25, 0.3) is 0 Å². The molecule has 4 aromatic rings. The molecule has 2 aromatic heterocycles. The van der Waals surface area contributed by atoms with Crippen LogP contribution in [0.4, 0.5) is 5.69 Å². The van der Waals surface area contributed by atoms with Crippen LogP contribution in [-0.4, -0.2) is 10.1 Å². The van der Waals surface area contributed by atoms with E-state index in [9.17, 15) is 0 Å². The van der Waals surface area contributed by atoms with Crippen molar-refractivity contribution in [3.05, 3.63) is 107 Å². The Morgan fingerprint density at radius 2 is 1.82 bits per heavy atom. The predicted molar refractivity (Wildman–Crippen MR) is 138 cm³/mol. The minimum atomic E-state index is -0.167. The van der Waals surface area contributed by atoms with E-state index in [1.54, 1.807) is 18.0 Å². The van der Waals surface area contributed by atoms with Crippen molar-refractivity contribution in [1.29, 1.82) is 0 Å². The third kappa shape index (κ3) is 4.64. The summed E-state index contributed by atoms with van der Waals surface area (Å²) in [6, 6.07) is 25.9. The zero-order valence-corrected chi connectivity index (χ0v) is 20.3. The molecule has 1 saturated heterocycles. The second-order valence-electron chi connectivity index (χ2n) is 7.73. The maximum atomic E-state index is 6.36. The van der Waals surface area contributed by atoms with Gasteiger partial charge in [0.25, 0.3) is 0 Å². The number of hydrogen-bond acceptors (Lipinski definition) is 4. The Morgan fingerprint density at radius 3 is 2.52 bits per heavy atom. The molecule has 2 aromatic carbocycles. The Morgan fingerprint density at radius 1 is 1.03 bits per heavy atom. The highest BCUT2D eigenvalue weighted by atomic mass is 35.5. The van der Waals surface area contributed by atoms with Crippen molar-refractivity contribution >= 4 is 46.4 Å². The van der Waals surface area contributed by atoms with Crippen LogP contribution >= 0.6 is 35.6 Å². The van der Waals surface area contributed by atoms with Crippen molar-refractivity contribution in [2.45, 2.75) is 35.4 Å². The smallest absolute Gasteiger partial charge is 0.174 e. The molecule has 5 rings (SSSR count). The van der Waals surface area contributed by atoms with Gasteiger partial charge >= 0.3 is 0 Å². The molecular formula is C26H22ClN3OS2. The molecule has 7 heteroatoms. The number of halogens is 1. The normalized spacial score (nSPS) is 17.9. The topological polar surface area (TPSA) is 41.3 Å². The highest BCUT2D eigenvalue weighted by molar-refractivity contribution is 7.99. The minimum Gasteiger partial charge on any atom is -0.452 e. The third-order valence-electron chi connectivity index (χ3n) is 5.65. The van der Waals surface area contributed by atoms with Gasteiger partial charge in [-0.1, -0.05) is 48.5 Å². The zero-order chi connectivity index (χ0) is 22.8. The molecule has 0 aliphatic carbocycles.